The lowest BCUT2D eigenvalue weighted by Gasteiger charge is -2.38. The number of amides is 3. The first-order chi connectivity index (χ1) is 30.5. The summed E-state index contributed by atoms with van der Waals surface area (Å²) in [5.74, 6) is -2.43. The third-order valence-electron chi connectivity index (χ3n) is 10.6. The van der Waals surface area contributed by atoms with Crippen molar-refractivity contribution in [1.82, 2.24) is 10.6 Å². The van der Waals surface area contributed by atoms with Crippen LogP contribution >= 0.6 is 0 Å². The Morgan fingerprint density at radius 1 is 0.922 bits per heavy atom. The first kappa shape index (κ1) is 50.3. The average molecular weight is 894 g/mol. The molecule has 3 aromatic rings. The van der Waals surface area contributed by atoms with Crippen LogP contribution in [0, 0.1) is 37.5 Å². The number of para-hydroxylation sites is 2. The van der Waals surface area contributed by atoms with Gasteiger partial charge in [-0.2, -0.15) is 0 Å². The fourth-order valence-corrected chi connectivity index (χ4v) is 7.38. The quantitative estimate of drug-likeness (QED) is 0.0299. The number of hydrogen-bond donors (Lipinski definition) is 2. The SMILES string of the molecule is CCCCNC(=O)[C@@H](C[C@H](OC(=O)c1cccc(CO[N+](=O)[O-])c1)C(CC(C)(C)CC(=O)N1C[C@H](COCOC)Oc2ccccc21)NC(=O)c1cccc(CO[N+](=O)[O-])c1)C(C)C. The molecule has 0 aliphatic carbocycles. The molecule has 0 radical (unpaired) electrons. The van der Waals surface area contributed by atoms with Crippen molar-refractivity contribution in [3.8, 4) is 5.75 Å². The number of carbonyl (C=O) groups is 4. The van der Waals surface area contributed by atoms with Crippen molar-refractivity contribution >= 4 is 29.4 Å². The number of unbranched alkanes of at least 4 members (excludes halogenated alkanes) is 1. The Labute approximate surface area is 372 Å². The topological polar surface area (TPSA) is 237 Å². The monoisotopic (exact) mass is 893 g/mol. The highest BCUT2D eigenvalue weighted by Gasteiger charge is 2.39. The molecule has 0 aromatic heterocycles. The molecule has 348 valence electrons. The Morgan fingerprint density at radius 2 is 1.56 bits per heavy atom. The minimum absolute atomic E-state index is 0.0379. The second-order valence-electron chi connectivity index (χ2n) is 16.7. The lowest BCUT2D eigenvalue weighted by Crippen LogP contribution is -2.51. The Balaban J connectivity index is 1.75. The second kappa shape index (κ2) is 24.5. The van der Waals surface area contributed by atoms with Gasteiger partial charge in [0, 0.05) is 31.6 Å². The fourth-order valence-electron chi connectivity index (χ4n) is 7.38. The minimum atomic E-state index is -1.18. The number of esters is 1. The van der Waals surface area contributed by atoms with E-state index >= 15 is 0 Å². The summed E-state index contributed by atoms with van der Waals surface area (Å²) in [6.07, 6.45) is -0.126. The van der Waals surface area contributed by atoms with Crippen LogP contribution in [-0.2, 0) is 46.7 Å². The van der Waals surface area contributed by atoms with Gasteiger partial charge in [0.1, 0.15) is 38.0 Å². The van der Waals surface area contributed by atoms with Crippen LogP contribution in [0.1, 0.15) is 98.6 Å². The summed E-state index contributed by atoms with van der Waals surface area (Å²) in [5.41, 5.74) is 0.486. The van der Waals surface area contributed by atoms with Gasteiger partial charge in [-0.25, -0.2) is 4.79 Å². The van der Waals surface area contributed by atoms with Crippen molar-refractivity contribution in [3.05, 3.63) is 115 Å². The fraction of sp³-hybridized carbons (Fsp3) is 0.511. The molecule has 3 amide bonds. The zero-order chi connectivity index (χ0) is 46.8. The number of fused-ring (bicyclic) bond motifs is 1. The van der Waals surface area contributed by atoms with E-state index in [2.05, 4.69) is 20.3 Å². The van der Waals surface area contributed by atoms with Crippen LogP contribution in [0.15, 0.2) is 72.8 Å². The van der Waals surface area contributed by atoms with Crippen LogP contribution in [0.2, 0.25) is 0 Å². The standard InChI is InChI=1S/C45H59N5O14/c1-7-8-19-46-43(53)36(30(2)3)22-40(64-44(54)34-16-12-14-32(21-34)27-62-50(57)58)37(47-42(52)33-15-11-13-31(20-33)26-61-49(55)56)23-45(4,5)24-41(51)48-25-35(28-60-29-59-6)63-39-18-10-9-17-38(39)48/h9-18,20-21,30,35-37,40H,7-8,19,22-29H2,1-6H3,(H,46,53)(H,47,52)/t35-,36+,37?,40+/m1/s1. The summed E-state index contributed by atoms with van der Waals surface area (Å²) in [6, 6.07) is 18.1. The molecule has 1 aliphatic rings. The van der Waals surface area contributed by atoms with E-state index in [9.17, 15) is 39.4 Å². The number of methoxy groups -OCH3 is 1. The molecule has 2 N–H and O–H groups in total. The number of ether oxygens (including phenoxy) is 4. The molecule has 19 nitrogen and oxygen atoms in total. The van der Waals surface area contributed by atoms with E-state index in [1.165, 1.54) is 37.4 Å². The molecule has 1 aliphatic heterocycles. The molecule has 0 bridgehead atoms. The zero-order valence-corrected chi connectivity index (χ0v) is 37.2. The van der Waals surface area contributed by atoms with Gasteiger partial charge in [0.05, 0.1) is 30.4 Å². The molecule has 4 atom stereocenters. The van der Waals surface area contributed by atoms with Crippen LogP contribution in [0.25, 0.3) is 0 Å². The first-order valence-corrected chi connectivity index (χ1v) is 21.1. The van der Waals surface area contributed by atoms with E-state index in [1.807, 2.05) is 34.6 Å². The highest BCUT2D eigenvalue weighted by Crippen LogP contribution is 2.37. The van der Waals surface area contributed by atoms with Gasteiger partial charge in [0.15, 0.2) is 0 Å². The first-order valence-electron chi connectivity index (χ1n) is 21.1. The van der Waals surface area contributed by atoms with Gasteiger partial charge in [-0.05, 0) is 78.1 Å². The van der Waals surface area contributed by atoms with Crippen molar-refractivity contribution in [1.29, 1.82) is 0 Å². The molecule has 3 aromatic carbocycles. The van der Waals surface area contributed by atoms with Crippen molar-refractivity contribution in [2.24, 2.45) is 17.3 Å². The van der Waals surface area contributed by atoms with E-state index < -0.39 is 64.8 Å². The summed E-state index contributed by atoms with van der Waals surface area (Å²) >= 11 is 0. The zero-order valence-electron chi connectivity index (χ0n) is 37.2. The Hall–Kier alpha value is -6.34. The van der Waals surface area contributed by atoms with E-state index in [0.29, 0.717) is 29.1 Å². The maximum Gasteiger partial charge on any atom is 0.338 e. The normalized spacial score (nSPS) is 14.9. The van der Waals surface area contributed by atoms with Crippen LogP contribution < -0.4 is 20.3 Å². The van der Waals surface area contributed by atoms with Crippen molar-refractivity contribution in [2.75, 3.05) is 38.5 Å². The van der Waals surface area contributed by atoms with Gasteiger partial charge < -0.3 is 44.2 Å². The third-order valence-corrected chi connectivity index (χ3v) is 10.6. The van der Waals surface area contributed by atoms with E-state index in [0.717, 1.165) is 12.8 Å². The van der Waals surface area contributed by atoms with Crippen LogP contribution in [-0.4, -0.2) is 85.7 Å². The summed E-state index contributed by atoms with van der Waals surface area (Å²) in [5, 5.41) is 26.0. The molecule has 0 saturated carbocycles. The van der Waals surface area contributed by atoms with E-state index in [4.69, 9.17) is 18.9 Å². The summed E-state index contributed by atoms with van der Waals surface area (Å²) < 4.78 is 23.0. The molecule has 1 unspecified atom stereocenters. The molecular formula is C45H59N5O14. The number of nitrogens with zero attached hydrogens (tertiary/aromatic N) is 3. The summed E-state index contributed by atoms with van der Waals surface area (Å²) in [4.78, 5) is 89.2. The van der Waals surface area contributed by atoms with Gasteiger partial charge in [-0.15, -0.1) is 20.2 Å². The number of benzene rings is 3. The average Bonchev–Trinajstić information content (AvgIpc) is 3.25. The maximum atomic E-state index is 14.4. The lowest BCUT2D eigenvalue weighted by atomic mass is 9.78. The predicted molar refractivity (Wildman–Crippen MR) is 232 cm³/mol. The third kappa shape index (κ3) is 15.8. The number of anilines is 1. The van der Waals surface area contributed by atoms with Gasteiger partial charge in [0.25, 0.3) is 16.1 Å². The molecule has 0 saturated heterocycles. The van der Waals surface area contributed by atoms with Gasteiger partial charge in [0.2, 0.25) is 11.8 Å². The van der Waals surface area contributed by atoms with Crippen molar-refractivity contribution in [2.45, 2.75) is 98.2 Å². The molecule has 0 fully saturated rings. The maximum absolute atomic E-state index is 14.4. The van der Waals surface area contributed by atoms with Crippen LogP contribution in [0.3, 0.4) is 0 Å². The highest BCUT2D eigenvalue weighted by molar-refractivity contribution is 5.96. The Morgan fingerprint density at radius 3 is 2.19 bits per heavy atom. The summed E-state index contributed by atoms with van der Waals surface area (Å²) in [6.45, 7) is 9.40. The van der Waals surface area contributed by atoms with Gasteiger partial charge >= 0.3 is 5.97 Å². The molecule has 0 spiro atoms. The van der Waals surface area contributed by atoms with E-state index in [1.54, 1.807) is 47.4 Å². The minimum Gasteiger partial charge on any atom is -0.484 e. The Bertz CT molecular complexity index is 2060. The van der Waals surface area contributed by atoms with E-state index in [-0.39, 0.29) is 68.1 Å². The molecule has 19 heteroatoms. The highest BCUT2D eigenvalue weighted by atomic mass is 17.0. The smallest absolute Gasteiger partial charge is 0.338 e. The lowest BCUT2D eigenvalue weighted by molar-refractivity contribution is -0.763. The largest absolute Gasteiger partial charge is 0.484 e. The molecule has 64 heavy (non-hydrogen) atoms. The van der Waals surface area contributed by atoms with Crippen molar-refractivity contribution in [3.63, 3.8) is 0 Å². The second-order valence-corrected chi connectivity index (χ2v) is 16.7. The number of nitrogens with one attached hydrogen (secondary N) is 2. The summed E-state index contributed by atoms with van der Waals surface area (Å²) in [7, 11) is 1.50. The Kier molecular flexibility index (Phi) is 19.3. The van der Waals surface area contributed by atoms with Crippen LogP contribution in [0.5, 0.6) is 5.75 Å². The number of carbonyl (C=O) groups excluding carboxylic acids is 4. The molecular weight excluding hydrogens is 835 g/mol. The van der Waals surface area contributed by atoms with Gasteiger partial charge in [-0.3, -0.25) is 14.4 Å². The van der Waals surface area contributed by atoms with Crippen molar-refractivity contribution < 1.29 is 58.0 Å². The number of hydrogen-bond acceptors (Lipinski definition) is 14. The van der Waals surface area contributed by atoms with Crippen LogP contribution in [0.4, 0.5) is 5.69 Å². The number of rotatable bonds is 26. The predicted octanol–water partition coefficient (Wildman–Crippen LogP) is 6.23. The molecule has 4 rings (SSSR count). The molecule has 1 heterocycles. The van der Waals surface area contributed by atoms with Gasteiger partial charge in [-0.1, -0.05) is 77.4 Å².